The standard InChI is InChI=1S/C22H18N6O/c23-13-18-8-11-20(12-22(18)29-21-4-2-1-3-5-21)28(27-15-25-26-16-27)14-17-6-9-19(24)10-7-17/h1-12,15-16H,14,24H2. The molecular formula is C22H18N6O. The van der Waals surface area contributed by atoms with Gasteiger partial charge in [-0.3, -0.25) is 5.01 Å². The van der Waals surface area contributed by atoms with E-state index in [1.165, 1.54) is 0 Å². The fourth-order valence-corrected chi connectivity index (χ4v) is 2.89. The number of nitrogen functional groups attached to an aromatic ring is 1. The van der Waals surface area contributed by atoms with Gasteiger partial charge in [0.15, 0.2) is 0 Å². The maximum absolute atomic E-state index is 9.49. The molecule has 2 N–H and O–H groups in total. The first-order chi connectivity index (χ1) is 14.2. The zero-order valence-electron chi connectivity index (χ0n) is 15.5. The van der Waals surface area contributed by atoms with Crippen LogP contribution in [0, 0.1) is 11.3 Å². The molecule has 4 rings (SSSR count). The predicted molar refractivity (Wildman–Crippen MR) is 110 cm³/mol. The van der Waals surface area contributed by atoms with Crippen molar-refractivity contribution in [1.82, 2.24) is 14.9 Å². The summed E-state index contributed by atoms with van der Waals surface area (Å²) < 4.78 is 7.75. The number of nitrogens with zero attached hydrogens (tertiary/aromatic N) is 5. The summed E-state index contributed by atoms with van der Waals surface area (Å²) in [5, 5.41) is 19.3. The predicted octanol–water partition coefficient (Wildman–Crippen LogP) is 3.99. The number of aromatic nitrogens is 3. The number of benzene rings is 3. The van der Waals surface area contributed by atoms with Gasteiger partial charge in [-0.2, -0.15) is 5.26 Å². The lowest BCUT2D eigenvalue weighted by Gasteiger charge is -2.25. The Bertz CT molecular complexity index is 1120. The maximum Gasteiger partial charge on any atom is 0.147 e. The van der Waals surface area contributed by atoms with E-state index >= 15 is 0 Å². The van der Waals surface area contributed by atoms with Crippen molar-refractivity contribution in [2.75, 3.05) is 10.7 Å². The van der Waals surface area contributed by atoms with Gasteiger partial charge in [0.2, 0.25) is 0 Å². The van der Waals surface area contributed by atoms with E-state index in [-0.39, 0.29) is 0 Å². The van der Waals surface area contributed by atoms with Crippen LogP contribution in [0.3, 0.4) is 0 Å². The zero-order chi connectivity index (χ0) is 20.1. The number of para-hydroxylation sites is 1. The number of rotatable bonds is 6. The summed E-state index contributed by atoms with van der Waals surface area (Å²) in [7, 11) is 0. The van der Waals surface area contributed by atoms with Crippen molar-refractivity contribution in [1.29, 1.82) is 5.26 Å². The minimum Gasteiger partial charge on any atom is -0.456 e. The van der Waals surface area contributed by atoms with Crippen molar-refractivity contribution >= 4 is 11.4 Å². The summed E-state index contributed by atoms with van der Waals surface area (Å²) in [6.07, 6.45) is 3.24. The van der Waals surface area contributed by atoms with Crippen LogP contribution in [0.2, 0.25) is 0 Å². The van der Waals surface area contributed by atoms with E-state index in [0.717, 1.165) is 11.3 Å². The second kappa shape index (κ2) is 8.15. The van der Waals surface area contributed by atoms with E-state index in [2.05, 4.69) is 16.3 Å². The SMILES string of the molecule is N#Cc1ccc(N(Cc2ccc(N)cc2)n2cnnc2)cc1Oc1ccccc1. The van der Waals surface area contributed by atoms with Gasteiger partial charge in [0, 0.05) is 11.8 Å². The molecule has 29 heavy (non-hydrogen) atoms. The van der Waals surface area contributed by atoms with Crippen molar-refractivity contribution < 1.29 is 4.74 Å². The van der Waals surface area contributed by atoms with E-state index in [1.807, 2.05) is 71.7 Å². The molecule has 0 aliphatic heterocycles. The molecule has 4 aromatic rings. The van der Waals surface area contributed by atoms with Gasteiger partial charge >= 0.3 is 0 Å². The molecule has 7 heteroatoms. The molecule has 1 heterocycles. The molecule has 0 bridgehead atoms. The van der Waals surface area contributed by atoms with Gasteiger partial charge in [0.05, 0.1) is 17.8 Å². The quantitative estimate of drug-likeness (QED) is 0.507. The van der Waals surface area contributed by atoms with Crippen LogP contribution in [-0.2, 0) is 6.54 Å². The maximum atomic E-state index is 9.49. The van der Waals surface area contributed by atoms with Crippen molar-refractivity contribution in [3.05, 3.63) is 96.6 Å². The Balaban J connectivity index is 1.71. The molecule has 0 fully saturated rings. The Hall–Kier alpha value is -4.31. The molecule has 0 atom stereocenters. The molecule has 0 saturated carbocycles. The van der Waals surface area contributed by atoms with Crippen LogP contribution in [0.15, 0.2) is 85.5 Å². The Morgan fingerprint density at radius 1 is 0.966 bits per heavy atom. The summed E-state index contributed by atoms with van der Waals surface area (Å²) >= 11 is 0. The topological polar surface area (TPSA) is 93.0 Å². The number of anilines is 2. The third-order valence-corrected chi connectivity index (χ3v) is 4.35. The van der Waals surface area contributed by atoms with Crippen LogP contribution in [0.25, 0.3) is 0 Å². The molecule has 0 aliphatic rings. The lowest BCUT2D eigenvalue weighted by atomic mass is 10.1. The Morgan fingerprint density at radius 3 is 2.38 bits per heavy atom. The second-order valence-corrected chi connectivity index (χ2v) is 6.35. The first-order valence-electron chi connectivity index (χ1n) is 8.97. The third kappa shape index (κ3) is 4.17. The summed E-state index contributed by atoms with van der Waals surface area (Å²) in [5.41, 5.74) is 8.85. The van der Waals surface area contributed by atoms with Crippen LogP contribution in [0.1, 0.15) is 11.1 Å². The summed E-state index contributed by atoms with van der Waals surface area (Å²) in [4.78, 5) is 0. The highest BCUT2D eigenvalue weighted by Crippen LogP contribution is 2.30. The van der Waals surface area contributed by atoms with Crippen molar-refractivity contribution in [2.45, 2.75) is 6.54 Å². The zero-order valence-corrected chi connectivity index (χ0v) is 15.5. The van der Waals surface area contributed by atoms with Gasteiger partial charge in [0.1, 0.15) is 30.2 Å². The summed E-state index contributed by atoms with van der Waals surface area (Å²) in [6, 6.07) is 24.7. The molecule has 0 spiro atoms. The highest BCUT2D eigenvalue weighted by molar-refractivity contribution is 5.58. The van der Waals surface area contributed by atoms with Crippen molar-refractivity contribution in [3.8, 4) is 17.6 Å². The molecule has 142 valence electrons. The van der Waals surface area contributed by atoms with Crippen LogP contribution < -0.4 is 15.5 Å². The summed E-state index contributed by atoms with van der Waals surface area (Å²) in [5.74, 6) is 1.14. The number of ether oxygens (including phenoxy) is 1. The van der Waals surface area contributed by atoms with Gasteiger partial charge in [-0.1, -0.05) is 30.3 Å². The van der Waals surface area contributed by atoms with Crippen LogP contribution in [0.4, 0.5) is 11.4 Å². The van der Waals surface area contributed by atoms with E-state index in [4.69, 9.17) is 10.5 Å². The number of hydrogen-bond donors (Lipinski definition) is 1. The molecule has 0 saturated heterocycles. The minimum atomic E-state index is 0.453. The number of hydrogen-bond acceptors (Lipinski definition) is 6. The van der Waals surface area contributed by atoms with Crippen molar-refractivity contribution in [2.24, 2.45) is 0 Å². The van der Waals surface area contributed by atoms with E-state index < -0.39 is 0 Å². The van der Waals surface area contributed by atoms with Gasteiger partial charge in [0.25, 0.3) is 0 Å². The Kier molecular flexibility index (Phi) is 5.08. The molecule has 0 amide bonds. The molecule has 0 unspecified atom stereocenters. The lowest BCUT2D eigenvalue weighted by molar-refractivity contribution is 0.480. The second-order valence-electron chi connectivity index (χ2n) is 6.35. The average molecular weight is 382 g/mol. The summed E-state index contributed by atoms with van der Waals surface area (Å²) in [6.45, 7) is 0.551. The van der Waals surface area contributed by atoms with Gasteiger partial charge in [-0.25, -0.2) is 4.68 Å². The molecular weight excluding hydrogens is 364 g/mol. The van der Waals surface area contributed by atoms with Crippen LogP contribution in [-0.4, -0.2) is 14.9 Å². The highest BCUT2D eigenvalue weighted by atomic mass is 16.5. The Morgan fingerprint density at radius 2 is 1.69 bits per heavy atom. The average Bonchev–Trinajstić information content (AvgIpc) is 3.29. The molecule has 0 radical (unpaired) electrons. The first kappa shape index (κ1) is 18.1. The van der Waals surface area contributed by atoms with Gasteiger partial charge < -0.3 is 10.5 Å². The minimum absolute atomic E-state index is 0.453. The van der Waals surface area contributed by atoms with Gasteiger partial charge in [-0.15, -0.1) is 10.2 Å². The first-order valence-corrected chi connectivity index (χ1v) is 8.97. The molecule has 3 aromatic carbocycles. The third-order valence-electron chi connectivity index (χ3n) is 4.35. The molecule has 0 aliphatic carbocycles. The van der Waals surface area contributed by atoms with Crippen LogP contribution in [0.5, 0.6) is 11.5 Å². The van der Waals surface area contributed by atoms with Crippen LogP contribution >= 0.6 is 0 Å². The number of nitriles is 1. The van der Waals surface area contributed by atoms with Crippen molar-refractivity contribution in [3.63, 3.8) is 0 Å². The molecule has 7 nitrogen and oxygen atoms in total. The monoisotopic (exact) mass is 382 g/mol. The highest BCUT2D eigenvalue weighted by Gasteiger charge is 2.14. The smallest absolute Gasteiger partial charge is 0.147 e. The van der Waals surface area contributed by atoms with E-state index in [1.54, 1.807) is 23.4 Å². The lowest BCUT2D eigenvalue weighted by Crippen LogP contribution is -2.27. The normalized spacial score (nSPS) is 10.3. The fraction of sp³-hybridized carbons (Fsp3) is 0.0455. The number of nitrogens with two attached hydrogens (primary N) is 1. The fourth-order valence-electron chi connectivity index (χ4n) is 2.89. The van der Waals surface area contributed by atoms with Gasteiger partial charge in [-0.05, 0) is 42.0 Å². The molecule has 1 aromatic heterocycles. The largest absolute Gasteiger partial charge is 0.456 e. The van der Waals surface area contributed by atoms with E-state index in [9.17, 15) is 5.26 Å². The Labute approximate surface area is 168 Å². The van der Waals surface area contributed by atoms with E-state index in [0.29, 0.717) is 29.3 Å².